The fourth-order valence-corrected chi connectivity index (χ4v) is 2.78. The predicted molar refractivity (Wildman–Crippen MR) is 81.3 cm³/mol. The molecule has 1 atom stereocenters. The van der Waals surface area contributed by atoms with Gasteiger partial charge in [-0.05, 0) is 50.3 Å². The highest BCUT2D eigenvalue weighted by Crippen LogP contribution is 2.18. The minimum Gasteiger partial charge on any atom is -0.372 e. The van der Waals surface area contributed by atoms with Crippen LogP contribution in [0.15, 0.2) is 24.3 Å². The van der Waals surface area contributed by atoms with Crippen LogP contribution in [0.1, 0.15) is 32.3 Å². The zero-order valence-electron chi connectivity index (χ0n) is 11.2. The summed E-state index contributed by atoms with van der Waals surface area (Å²) in [5.74, 6) is 0.799. The van der Waals surface area contributed by atoms with Gasteiger partial charge in [-0.25, -0.2) is 0 Å². The number of hydrogen-bond donors (Lipinski definition) is 0. The van der Waals surface area contributed by atoms with Gasteiger partial charge in [0.2, 0.25) is 0 Å². The van der Waals surface area contributed by atoms with Gasteiger partial charge in [0, 0.05) is 24.1 Å². The van der Waals surface area contributed by atoms with Crippen molar-refractivity contribution in [2.45, 2.75) is 33.6 Å². The van der Waals surface area contributed by atoms with Crippen LogP contribution in [0.4, 0.5) is 5.69 Å². The van der Waals surface area contributed by atoms with E-state index in [1.807, 2.05) is 0 Å². The normalized spacial score (nSPS) is 12.5. The van der Waals surface area contributed by atoms with Crippen LogP contribution in [0.5, 0.6) is 0 Å². The lowest BCUT2D eigenvalue weighted by atomic mass is 10.0. The summed E-state index contributed by atoms with van der Waals surface area (Å²) in [7, 11) is 0. The molecule has 0 spiro atoms. The molecule has 0 aliphatic carbocycles. The minimum atomic E-state index is 0.799. The van der Waals surface area contributed by atoms with Crippen LogP contribution < -0.4 is 4.90 Å². The quantitative estimate of drug-likeness (QED) is 0.663. The van der Waals surface area contributed by atoms with Gasteiger partial charge >= 0.3 is 0 Å². The molecule has 0 bridgehead atoms. The van der Waals surface area contributed by atoms with Crippen LogP contribution in [0, 0.1) is 12.8 Å². The smallest absolute Gasteiger partial charge is 0.0368 e. The summed E-state index contributed by atoms with van der Waals surface area (Å²) in [6.07, 6.45) is 2.54. The van der Waals surface area contributed by atoms with E-state index in [4.69, 9.17) is 0 Å². The monoisotopic (exact) mass is 297 g/mol. The van der Waals surface area contributed by atoms with E-state index >= 15 is 0 Å². The highest BCUT2D eigenvalue weighted by atomic mass is 79.9. The summed E-state index contributed by atoms with van der Waals surface area (Å²) in [6.45, 7) is 8.98. The highest BCUT2D eigenvalue weighted by Gasteiger charge is 2.07. The fraction of sp³-hybridized carbons (Fsp3) is 0.600. The van der Waals surface area contributed by atoms with Crippen LogP contribution in [0.3, 0.4) is 0 Å². The zero-order valence-corrected chi connectivity index (χ0v) is 12.8. The van der Waals surface area contributed by atoms with Gasteiger partial charge in [-0.15, -0.1) is 0 Å². The summed E-state index contributed by atoms with van der Waals surface area (Å²) in [5.41, 5.74) is 2.70. The third-order valence-corrected chi connectivity index (χ3v) is 3.70. The number of rotatable bonds is 7. The maximum Gasteiger partial charge on any atom is 0.0368 e. The van der Waals surface area contributed by atoms with Gasteiger partial charge in [-0.3, -0.25) is 0 Å². The molecule has 96 valence electrons. The lowest BCUT2D eigenvalue weighted by Crippen LogP contribution is -2.25. The maximum absolute atomic E-state index is 3.51. The number of benzene rings is 1. The predicted octanol–water partition coefficient (Wildman–Crippen LogP) is 4.63. The van der Waals surface area contributed by atoms with Gasteiger partial charge in [-0.1, -0.05) is 35.0 Å². The zero-order chi connectivity index (χ0) is 12.7. The van der Waals surface area contributed by atoms with Gasteiger partial charge < -0.3 is 4.90 Å². The van der Waals surface area contributed by atoms with Gasteiger partial charge in [0.25, 0.3) is 0 Å². The van der Waals surface area contributed by atoms with Crippen molar-refractivity contribution in [3.05, 3.63) is 29.8 Å². The Morgan fingerprint density at radius 1 is 1.29 bits per heavy atom. The Balaban J connectivity index is 2.54. The molecule has 0 aliphatic rings. The molecule has 0 saturated carbocycles. The van der Waals surface area contributed by atoms with Gasteiger partial charge in [0.15, 0.2) is 0 Å². The van der Waals surface area contributed by atoms with E-state index < -0.39 is 0 Å². The molecule has 0 aliphatic heterocycles. The molecule has 0 heterocycles. The largest absolute Gasteiger partial charge is 0.372 e. The van der Waals surface area contributed by atoms with Crippen molar-refractivity contribution in [2.24, 2.45) is 5.92 Å². The molecule has 1 unspecified atom stereocenters. The van der Waals surface area contributed by atoms with Crippen molar-refractivity contribution in [2.75, 3.05) is 23.3 Å². The second kappa shape index (κ2) is 7.75. The average molecular weight is 298 g/mol. The lowest BCUT2D eigenvalue weighted by Gasteiger charge is -2.25. The van der Waals surface area contributed by atoms with Gasteiger partial charge in [0.1, 0.15) is 0 Å². The maximum atomic E-state index is 3.51. The Labute approximate surface area is 114 Å². The molecule has 0 fully saturated rings. The molecule has 0 saturated heterocycles. The van der Waals surface area contributed by atoms with Crippen LogP contribution in [0.25, 0.3) is 0 Å². The van der Waals surface area contributed by atoms with Crippen molar-refractivity contribution in [3.8, 4) is 0 Å². The number of anilines is 1. The Bertz CT molecular complexity index is 324. The molecular formula is C15H24BrN. The lowest BCUT2D eigenvalue weighted by molar-refractivity contribution is 0.518. The molecule has 0 N–H and O–H groups in total. The van der Waals surface area contributed by atoms with E-state index in [0.717, 1.165) is 24.3 Å². The summed E-state index contributed by atoms with van der Waals surface area (Å²) in [5, 5.41) is 1.12. The SMILES string of the molecule is CCN(CCC(C)CCBr)c1cccc(C)c1. The molecule has 1 rings (SSSR count). The van der Waals surface area contributed by atoms with Crippen molar-refractivity contribution in [3.63, 3.8) is 0 Å². The first kappa shape index (κ1) is 14.6. The molecule has 17 heavy (non-hydrogen) atoms. The first-order valence-electron chi connectivity index (χ1n) is 6.55. The van der Waals surface area contributed by atoms with Crippen LogP contribution in [-0.2, 0) is 0 Å². The fourth-order valence-electron chi connectivity index (χ4n) is 2.00. The second-order valence-corrected chi connectivity index (χ2v) is 5.58. The number of aryl methyl sites for hydroxylation is 1. The highest BCUT2D eigenvalue weighted by molar-refractivity contribution is 9.09. The molecular weight excluding hydrogens is 274 g/mol. The van der Waals surface area contributed by atoms with Gasteiger partial charge in [-0.2, -0.15) is 0 Å². The first-order chi connectivity index (χ1) is 8.17. The molecule has 0 aromatic heterocycles. The molecule has 2 heteroatoms. The van der Waals surface area contributed by atoms with Crippen LogP contribution in [-0.4, -0.2) is 18.4 Å². The van der Waals surface area contributed by atoms with Crippen molar-refractivity contribution in [1.82, 2.24) is 0 Å². The summed E-state index contributed by atoms with van der Waals surface area (Å²) in [6, 6.07) is 8.80. The number of halogens is 1. The van der Waals surface area contributed by atoms with Crippen molar-refractivity contribution < 1.29 is 0 Å². The number of hydrogen-bond acceptors (Lipinski definition) is 1. The van der Waals surface area contributed by atoms with Crippen molar-refractivity contribution >= 4 is 21.6 Å². The minimum absolute atomic E-state index is 0.799. The van der Waals surface area contributed by atoms with E-state index in [9.17, 15) is 0 Å². The average Bonchev–Trinajstić information content (AvgIpc) is 2.30. The van der Waals surface area contributed by atoms with Gasteiger partial charge in [0.05, 0.1) is 0 Å². The Hall–Kier alpha value is -0.500. The Kier molecular flexibility index (Phi) is 6.64. The van der Waals surface area contributed by atoms with Crippen molar-refractivity contribution in [1.29, 1.82) is 0 Å². The summed E-state index contributed by atoms with van der Waals surface area (Å²) >= 11 is 3.51. The summed E-state index contributed by atoms with van der Waals surface area (Å²) in [4.78, 5) is 2.47. The third kappa shape index (κ3) is 5.12. The topological polar surface area (TPSA) is 3.24 Å². The number of nitrogens with zero attached hydrogens (tertiary/aromatic N) is 1. The second-order valence-electron chi connectivity index (χ2n) is 4.79. The standard InChI is InChI=1S/C15H24BrN/c1-4-17(11-9-13(2)8-10-16)15-7-5-6-14(3)12-15/h5-7,12-13H,4,8-11H2,1-3H3. The Morgan fingerprint density at radius 2 is 2.06 bits per heavy atom. The molecule has 0 amide bonds. The van der Waals surface area contributed by atoms with Crippen LogP contribution in [0.2, 0.25) is 0 Å². The molecule has 1 nitrogen and oxygen atoms in total. The Morgan fingerprint density at radius 3 is 2.65 bits per heavy atom. The van der Waals surface area contributed by atoms with E-state index in [2.05, 4.69) is 65.9 Å². The number of alkyl halides is 1. The summed E-state index contributed by atoms with van der Waals surface area (Å²) < 4.78 is 0. The van der Waals surface area contributed by atoms with E-state index in [1.165, 1.54) is 24.1 Å². The third-order valence-electron chi connectivity index (χ3n) is 3.24. The first-order valence-corrected chi connectivity index (χ1v) is 7.67. The van der Waals surface area contributed by atoms with E-state index in [-0.39, 0.29) is 0 Å². The van der Waals surface area contributed by atoms with E-state index in [1.54, 1.807) is 0 Å². The van der Waals surface area contributed by atoms with E-state index in [0.29, 0.717) is 0 Å². The molecule has 1 aromatic rings. The molecule has 1 aromatic carbocycles. The van der Waals surface area contributed by atoms with Crippen LogP contribution >= 0.6 is 15.9 Å². The molecule has 0 radical (unpaired) electrons.